The van der Waals surface area contributed by atoms with Gasteiger partial charge in [0.2, 0.25) is 0 Å². The predicted octanol–water partition coefficient (Wildman–Crippen LogP) is 5.16. The van der Waals surface area contributed by atoms with Crippen LogP contribution in [-0.4, -0.2) is 37.2 Å². The summed E-state index contributed by atoms with van der Waals surface area (Å²) in [4.78, 5) is 34.8. The molecule has 2 aliphatic carbocycles. The van der Waals surface area contributed by atoms with Crippen molar-refractivity contribution in [1.82, 2.24) is 0 Å². The van der Waals surface area contributed by atoms with E-state index in [0.717, 1.165) is 25.7 Å². The topological polar surface area (TPSA) is 78.9 Å². The molecule has 0 amide bonds. The van der Waals surface area contributed by atoms with Gasteiger partial charge in [0.1, 0.15) is 19.3 Å². The zero-order valence-corrected chi connectivity index (χ0v) is 20.8. The molecule has 0 N–H and O–H groups in total. The van der Waals surface area contributed by atoms with Gasteiger partial charge in [-0.2, -0.15) is 0 Å². The summed E-state index contributed by atoms with van der Waals surface area (Å²) in [6.07, 6.45) is 8.61. The number of carbonyl (C=O) groups is 3. The lowest BCUT2D eigenvalue weighted by atomic mass is 9.46. The molecular weight excluding hydrogens is 408 g/mol. The molecule has 32 heavy (non-hydrogen) atoms. The maximum absolute atomic E-state index is 12.1. The highest BCUT2D eigenvalue weighted by atomic mass is 16.6. The van der Waals surface area contributed by atoms with E-state index in [4.69, 9.17) is 14.2 Å². The lowest BCUT2D eigenvalue weighted by molar-refractivity contribution is -0.150. The van der Waals surface area contributed by atoms with Crippen molar-refractivity contribution in [2.45, 2.75) is 86.7 Å². The van der Waals surface area contributed by atoms with Gasteiger partial charge >= 0.3 is 17.9 Å². The number of hydrogen-bond donors (Lipinski definition) is 0. The first kappa shape index (κ1) is 26.1. The van der Waals surface area contributed by atoms with Gasteiger partial charge in [0, 0.05) is 26.3 Å². The molecule has 2 unspecified atom stereocenters. The van der Waals surface area contributed by atoms with Crippen molar-refractivity contribution in [2.75, 3.05) is 13.2 Å². The van der Waals surface area contributed by atoms with Crippen molar-refractivity contribution in [3.8, 4) is 0 Å². The Bertz CT molecular complexity index is 781. The van der Waals surface area contributed by atoms with E-state index in [1.807, 2.05) is 0 Å². The SMILES string of the molecule is CC(=O)OC/C=C(\COC(C)=O)C(C[C@]1(C)C2CCC=C(C)[C@]2(C)CC[C@H]1C)OC(C)=O. The Morgan fingerprint density at radius 3 is 2.34 bits per heavy atom. The Labute approximate surface area is 192 Å². The largest absolute Gasteiger partial charge is 0.462 e. The fourth-order valence-corrected chi connectivity index (χ4v) is 5.84. The van der Waals surface area contributed by atoms with Crippen molar-refractivity contribution in [1.29, 1.82) is 0 Å². The summed E-state index contributed by atoms with van der Waals surface area (Å²) in [6, 6.07) is 0. The standard InChI is InChI=1S/C26H40O6/c1-17-9-8-10-24-25(17,6)13-11-18(2)26(24,7)15-23(32-21(5)29)22(16-31-20(4)28)12-14-30-19(3)27/h9,12,18,23-24H,8,10-11,13-16H2,1-7H3/b22-12+/t18-,23?,24?,25+,26+/m1/s1. The van der Waals surface area contributed by atoms with Gasteiger partial charge < -0.3 is 14.2 Å². The highest BCUT2D eigenvalue weighted by molar-refractivity contribution is 5.67. The second-order valence-corrected chi connectivity index (χ2v) is 10.0. The van der Waals surface area contributed by atoms with Crippen molar-refractivity contribution in [3.63, 3.8) is 0 Å². The molecule has 1 fully saturated rings. The number of allylic oxidation sites excluding steroid dienone is 2. The van der Waals surface area contributed by atoms with E-state index in [9.17, 15) is 14.4 Å². The smallest absolute Gasteiger partial charge is 0.303 e. The van der Waals surface area contributed by atoms with Crippen LogP contribution in [0.1, 0.15) is 80.6 Å². The van der Waals surface area contributed by atoms with Gasteiger partial charge in [-0.05, 0) is 67.8 Å². The Morgan fingerprint density at radius 2 is 1.75 bits per heavy atom. The fraction of sp³-hybridized carbons (Fsp3) is 0.731. The van der Waals surface area contributed by atoms with Gasteiger partial charge in [-0.25, -0.2) is 0 Å². The van der Waals surface area contributed by atoms with E-state index in [2.05, 4.69) is 33.8 Å². The number of esters is 3. The second kappa shape index (κ2) is 10.7. The summed E-state index contributed by atoms with van der Waals surface area (Å²) in [5.41, 5.74) is 2.18. The second-order valence-electron chi connectivity index (χ2n) is 10.0. The van der Waals surface area contributed by atoms with Crippen LogP contribution in [0.3, 0.4) is 0 Å². The number of fused-ring (bicyclic) bond motifs is 1. The molecular formula is C26H40O6. The van der Waals surface area contributed by atoms with Crippen LogP contribution in [0.25, 0.3) is 0 Å². The third-order valence-electron chi connectivity index (χ3n) is 8.02. The third-order valence-corrected chi connectivity index (χ3v) is 8.02. The van der Waals surface area contributed by atoms with Crippen molar-refractivity contribution in [2.24, 2.45) is 22.7 Å². The molecule has 0 aromatic carbocycles. The van der Waals surface area contributed by atoms with Crippen LogP contribution in [0, 0.1) is 22.7 Å². The van der Waals surface area contributed by atoms with Crippen molar-refractivity contribution in [3.05, 3.63) is 23.3 Å². The van der Waals surface area contributed by atoms with E-state index < -0.39 is 18.0 Å². The molecule has 1 saturated carbocycles. The molecule has 0 aliphatic heterocycles. The fourth-order valence-electron chi connectivity index (χ4n) is 5.84. The van der Waals surface area contributed by atoms with Crippen LogP contribution >= 0.6 is 0 Å². The highest BCUT2D eigenvalue weighted by Crippen LogP contribution is 2.62. The van der Waals surface area contributed by atoms with Crippen molar-refractivity contribution < 1.29 is 28.6 Å². The van der Waals surface area contributed by atoms with Crippen molar-refractivity contribution >= 4 is 17.9 Å². The van der Waals surface area contributed by atoms with Gasteiger partial charge in [0.15, 0.2) is 0 Å². The zero-order valence-electron chi connectivity index (χ0n) is 20.8. The summed E-state index contributed by atoms with van der Waals surface area (Å²) in [5.74, 6) is -0.281. The number of ether oxygens (including phenoxy) is 3. The Balaban J connectivity index is 2.40. The maximum atomic E-state index is 12.1. The molecule has 0 aromatic heterocycles. The molecule has 0 spiro atoms. The highest BCUT2D eigenvalue weighted by Gasteiger charge is 2.54. The van der Waals surface area contributed by atoms with E-state index in [1.165, 1.54) is 26.3 Å². The minimum absolute atomic E-state index is 0.000128. The average molecular weight is 449 g/mol. The normalized spacial score (nSPS) is 31.1. The molecule has 6 heteroatoms. The van der Waals surface area contributed by atoms with Crippen LogP contribution < -0.4 is 0 Å². The number of rotatable bonds is 8. The van der Waals surface area contributed by atoms with Crippen LogP contribution in [0.15, 0.2) is 23.3 Å². The lowest BCUT2D eigenvalue weighted by Gasteiger charge is -2.58. The first-order chi connectivity index (χ1) is 14.9. The molecule has 0 saturated heterocycles. The third kappa shape index (κ3) is 6.02. The predicted molar refractivity (Wildman–Crippen MR) is 123 cm³/mol. The van der Waals surface area contributed by atoms with E-state index in [0.29, 0.717) is 23.8 Å². The van der Waals surface area contributed by atoms with Gasteiger partial charge in [0.05, 0.1) is 0 Å². The summed E-state index contributed by atoms with van der Waals surface area (Å²) in [7, 11) is 0. The number of hydrogen-bond acceptors (Lipinski definition) is 6. The molecule has 0 bridgehead atoms. The lowest BCUT2D eigenvalue weighted by Crippen LogP contribution is -2.51. The summed E-state index contributed by atoms with van der Waals surface area (Å²) in [5, 5.41) is 0. The number of carbonyl (C=O) groups excluding carboxylic acids is 3. The monoisotopic (exact) mass is 448 g/mol. The summed E-state index contributed by atoms with van der Waals surface area (Å²) >= 11 is 0. The van der Waals surface area contributed by atoms with Gasteiger partial charge in [-0.3, -0.25) is 14.4 Å². The quantitative estimate of drug-likeness (QED) is 0.290. The molecule has 0 heterocycles. The summed E-state index contributed by atoms with van der Waals surface area (Å²) < 4.78 is 16.2. The molecule has 180 valence electrons. The first-order valence-corrected chi connectivity index (χ1v) is 11.7. The Hall–Kier alpha value is -2.11. The van der Waals surface area contributed by atoms with E-state index in [1.54, 1.807) is 6.08 Å². The van der Waals surface area contributed by atoms with Gasteiger partial charge in [0.25, 0.3) is 0 Å². The summed E-state index contributed by atoms with van der Waals surface area (Å²) in [6.45, 7) is 13.4. The molecule has 6 nitrogen and oxygen atoms in total. The minimum Gasteiger partial charge on any atom is -0.462 e. The van der Waals surface area contributed by atoms with Crippen LogP contribution in [0.5, 0.6) is 0 Å². The van der Waals surface area contributed by atoms with Gasteiger partial charge in [-0.15, -0.1) is 0 Å². The average Bonchev–Trinajstić information content (AvgIpc) is 2.68. The Morgan fingerprint density at radius 1 is 1.09 bits per heavy atom. The molecule has 2 rings (SSSR count). The minimum atomic E-state index is -0.552. The van der Waals surface area contributed by atoms with E-state index in [-0.39, 0.29) is 30.0 Å². The van der Waals surface area contributed by atoms with Crippen LogP contribution in [0.4, 0.5) is 0 Å². The maximum Gasteiger partial charge on any atom is 0.303 e. The Kier molecular flexibility index (Phi) is 8.72. The zero-order chi connectivity index (χ0) is 24.1. The molecule has 0 aromatic rings. The van der Waals surface area contributed by atoms with E-state index >= 15 is 0 Å². The molecule has 2 aliphatic rings. The van der Waals surface area contributed by atoms with Crippen LogP contribution in [0.2, 0.25) is 0 Å². The molecule has 5 atom stereocenters. The van der Waals surface area contributed by atoms with Crippen LogP contribution in [-0.2, 0) is 28.6 Å². The van der Waals surface area contributed by atoms with Gasteiger partial charge in [-0.1, -0.05) is 32.4 Å². The molecule has 0 radical (unpaired) electrons. The first-order valence-electron chi connectivity index (χ1n) is 11.7.